The van der Waals surface area contributed by atoms with Crippen LogP contribution in [0.25, 0.3) is 0 Å². The third kappa shape index (κ3) is 3.61. The number of amides is 2. The summed E-state index contributed by atoms with van der Waals surface area (Å²) in [7, 11) is 1.34. The molecule has 0 aromatic carbocycles. The number of carbonyl (C=O) groups excluding carboxylic acids is 2. The first-order valence-electron chi connectivity index (χ1n) is 7.35. The van der Waals surface area contributed by atoms with Crippen molar-refractivity contribution in [2.45, 2.75) is 51.0 Å². The van der Waals surface area contributed by atoms with E-state index in [0.717, 1.165) is 51.6 Å². The normalized spacial score (nSPS) is 22.1. The van der Waals surface area contributed by atoms with Gasteiger partial charge in [0.05, 0.1) is 7.11 Å². The third-order valence-corrected chi connectivity index (χ3v) is 4.26. The van der Waals surface area contributed by atoms with Crippen molar-refractivity contribution in [3.05, 3.63) is 0 Å². The molecule has 1 saturated carbocycles. The molecule has 2 aliphatic rings. The summed E-state index contributed by atoms with van der Waals surface area (Å²) in [5.74, 6) is 0.343. The van der Waals surface area contributed by atoms with Crippen molar-refractivity contribution >= 4 is 12.0 Å². The Morgan fingerprint density at radius 3 is 2.32 bits per heavy atom. The Balaban J connectivity index is 2.03. The maximum Gasteiger partial charge on any atom is 0.407 e. The third-order valence-electron chi connectivity index (χ3n) is 4.26. The number of likely N-dealkylation sites (tertiary alicyclic amines) is 1. The van der Waals surface area contributed by atoms with Crippen molar-refractivity contribution in [3.8, 4) is 0 Å². The molecule has 5 nitrogen and oxygen atoms in total. The summed E-state index contributed by atoms with van der Waals surface area (Å²) in [6, 6.07) is -0.397. The topological polar surface area (TPSA) is 58.6 Å². The second-order valence-corrected chi connectivity index (χ2v) is 5.54. The Morgan fingerprint density at radius 1 is 1.11 bits per heavy atom. The van der Waals surface area contributed by atoms with Crippen LogP contribution < -0.4 is 5.32 Å². The molecule has 0 spiro atoms. The van der Waals surface area contributed by atoms with Gasteiger partial charge >= 0.3 is 6.09 Å². The van der Waals surface area contributed by atoms with Crippen molar-refractivity contribution in [2.24, 2.45) is 5.92 Å². The SMILES string of the molecule is COC(=O)N[C@H](C(=O)N1CCCC1)C1CCCCC1. The lowest BCUT2D eigenvalue weighted by molar-refractivity contribution is -0.134. The summed E-state index contributed by atoms with van der Waals surface area (Å²) >= 11 is 0. The molecule has 0 unspecified atom stereocenters. The maximum atomic E-state index is 12.6. The van der Waals surface area contributed by atoms with E-state index in [2.05, 4.69) is 10.1 Å². The quantitative estimate of drug-likeness (QED) is 0.850. The lowest BCUT2D eigenvalue weighted by Gasteiger charge is -2.32. The van der Waals surface area contributed by atoms with Gasteiger partial charge in [0, 0.05) is 13.1 Å². The highest BCUT2D eigenvalue weighted by molar-refractivity contribution is 5.86. The van der Waals surface area contributed by atoms with Gasteiger partial charge in [0.1, 0.15) is 6.04 Å². The van der Waals surface area contributed by atoms with Crippen LogP contribution >= 0.6 is 0 Å². The zero-order valence-electron chi connectivity index (χ0n) is 11.7. The summed E-state index contributed by atoms with van der Waals surface area (Å²) in [5, 5.41) is 2.76. The van der Waals surface area contributed by atoms with Gasteiger partial charge in [-0.25, -0.2) is 4.79 Å². The average molecular weight is 268 g/mol. The second kappa shape index (κ2) is 6.78. The van der Waals surface area contributed by atoms with Crippen molar-refractivity contribution in [1.82, 2.24) is 10.2 Å². The zero-order valence-corrected chi connectivity index (χ0v) is 11.7. The Kier molecular flexibility index (Phi) is 5.05. The number of carbonyl (C=O) groups is 2. The Morgan fingerprint density at radius 2 is 1.74 bits per heavy atom. The number of rotatable bonds is 3. The summed E-state index contributed by atoms with van der Waals surface area (Å²) in [5.41, 5.74) is 0. The Bertz CT molecular complexity index is 321. The fourth-order valence-corrected chi connectivity index (χ4v) is 3.17. The molecule has 108 valence electrons. The fourth-order valence-electron chi connectivity index (χ4n) is 3.17. The van der Waals surface area contributed by atoms with E-state index in [4.69, 9.17) is 0 Å². The van der Waals surface area contributed by atoms with E-state index < -0.39 is 12.1 Å². The van der Waals surface area contributed by atoms with Crippen molar-refractivity contribution < 1.29 is 14.3 Å². The highest BCUT2D eigenvalue weighted by Gasteiger charge is 2.34. The number of nitrogens with one attached hydrogen (secondary N) is 1. The molecule has 1 saturated heterocycles. The van der Waals surface area contributed by atoms with Gasteiger partial charge in [0.2, 0.25) is 5.91 Å². The predicted octanol–water partition coefficient (Wildman–Crippen LogP) is 1.91. The van der Waals surface area contributed by atoms with E-state index >= 15 is 0 Å². The van der Waals surface area contributed by atoms with Gasteiger partial charge in [-0.15, -0.1) is 0 Å². The van der Waals surface area contributed by atoms with Crippen LogP contribution in [0.4, 0.5) is 4.79 Å². The van der Waals surface area contributed by atoms with E-state index in [1.807, 2.05) is 4.90 Å². The minimum atomic E-state index is -0.497. The van der Waals surface area contributed by atoms with Crippen LogP contribution in [0.3, 0.4) is 0 Å². The molecular formula is C14H24N2O3. The van der Waals surface area contributed by atoms with E-state index in [9.17, 15) is 9.59 Å². The van der Waals surface area contributed by atoms with Gasteiger partial charge in [-0.2, -0.15) is 0 Å². The molecule has 0 aromatic rings. The summed E-state index contributed by atoms with van der Waals surface area (Å²) in [6.45, 7) is 1.65. The van der Waals surface area contributed by atoms with Gasteiger partial charge in [-0.1, -0.05) is 19.3 Å². The van der Waals surface area contributed by atoms with Crippen LogP contribution in [0.1, 0.15) is 44.9 Å². The van der Waals surface area contributed by atoms with E-state index in [1.54, 1.807) is 0 Å². The van der Waals surface area contributed by atoms with Crippen LogP contribution in [-0.4, -0.2) is 43.1 Å². The van der Waals surface area contributed by atoms with Crippen molar-refractivity contribution in [3.63, 3.8) is 0 Å². The van der Waals surface area contributed by atoms with Gasteiger partial charge < -0.3 is 15.0 Å². The van der Waals surface area contributed by atoms with Crippen LogP contribution in [0, 0.1) is 5.92 Å². The van der Waals surface area contributed by atoms with Crippen molar-refractivity contribution in [2.75, 3.05) is 20.2 Å². The van der Waals surface area contributed by atoms with E-state index in [-0.39, 0.29) is 11.8 Å². The molecule has 1 atom stereocenters. The molecule has 0 radical (unpaired) electrons. The van der Waals surface area contributed by atoms with Crippen LogP contribution in [-0.2, 0) is 9.53 Å². The fraction of sp³-hybridized carbons (Fsp3) is 0.857. The molecule has 2 fully saturated rings. The molecular weight excluding hydrogens is 244 g/mol. The number of methoxy groups -OCH3 is 1. The molecule has 19 heavy (non-hydrogen) atoms. The highest BCUT2D eigenvalue weighted by Crippen LogP contribution is 2.28. The Hall–Kier alpha value is -1.26. The molecule has 1 aliphatic carbocycles. The minimum absolute atomic E-state index is 0.0785. The van der Waals surface area contributed by atoms with Crippen LogP contribution in [0.2, 0.25) is 0 Å². The van der Waals surface area contributed by atoms with Crippen molar-refractivity contribution in [1.29, 1.82) is 0 Å². The lowest BCUT2D eigenvalue weighted by atomic mass is 9.83. The first-order valence-corrected chi connectivity index (χ1v) is 7.35. The molecule has 2 rings (SSSR count). The largest absolute Gasteiger partial charge is 0.453 e. The average Bonchev–Trinajstić information content (AvgIpc) is 2.99. The minimum Gasteiger partial charge on any atom is -0.453 e. The number of alkyl carbamates (subject to hydrolysis) is 1. The molecule has 5 heteroatoms. The Labute approximate surface area is 114 Å². The molecule has 0 aromatic heterocycles. The van der Waals surface area contributed by atoms with Gasteiger partial charge in [-0.3, -0.25) is 4.79 Å². The maximum absolute atomic E-state index is 12.6. The number of ether oxygens (including phenoxy) is 1. The standard InChI is InChI=1S/C14H24N2O3/c1-19-14(18)15-12(11-7-3-2-4-8-11)13(17)16-9-5-6-10-16/h11-12H,2-10H2,1H3,(H,15,18)/t12-/m0/s1. The molecule has 1 aliphatic heterocycles. The number of nitrogens with zero attached hydrogens (tertiary/aromatic N) is 1. The van der Waals surface area contributed by atoms with Crippen LogP contribution in [0.5, 0.6) is 0 Å². The van der Waals surface area contributed by atoms with E-state index in [1.165, 1.54) is 13.5 Å². The van der Waals surface area contributed by atoms with Crippen LogP contribution in [0.15, 0.2) is 0 Å². The molecule has 1 heterocycles. The first-order chi connectivity index (χ1) is 9.22. The number of hydrogen-bond acceptors (Lipinski definition) is 3. The predicted molar refractivity (Wildman–Crippen MR) is 71.7 cm³/mol. The first kappa shape index (κ1) is 14.2. The monoisotopic (exact) mass is 268 g/mol. The highest BCUT2D eigenvalue weighted by atomic mass is 16.5. The number of hydrogen-bond donors (Lipinski definition) is 1. The van der Waals surface area contributed by atoms with Gasteiger partial charge in [0.25, 0.3) is 0 Å². The van der Waals surface area contributed by atoms with Gasteiger partial charge in [0.15, 0.2) is 0 Å². The molecule has 2 amide bonds. The molecule has 0 bridgehead atoms. The van der Waals surface area contributed by atoms with Gasteiger partial charge in [-0.05, 0) is 31.6 Å². The summed E-state index contributed by atoms with van der Waals surface area (Å²) < 4.78 is 4.66. The smallest absolute Gasteiger partial charge is 0.407 e. The summed E-state index contributed by atoms with van der Waals surface area (Å²) in [4.78, 5) is 25.9. The molecule has 1 N–H and O–H groups in total. The lowest BCUT2D eigenvalue weighted by Crippen LogP contribution is -2.52. The zero-order chi connectivity index (χ0) is 13.7. The van der Waals surface area contributed by atoms with E-state index in [0.29, 0.717) is 0 Å². The summed E-state index contributed by atoms with van der Waals surface area (Å²) in [6.07, 6.45) is 7.22. The second-order valence-electron chi connectivity index (χ2n) is 5.54.